The second kappa shape index (κ2) is 15.2. The Morgan fingerprint density at radius 3 is 2.62 bits per heavy atom. The van der Waals surface area contributed by atoms with Gasteiger partial charge in [0.2, 0.25) is 5.91 Å². The van der Waals surface area contributed by atoms with Crippen molar-refractivity contribution in [1.82, 2.24) is 15.2 Å². The highest BCUT2D eigenvalue weighted by Crippen LogP contribution is 2.47. The molecule has 2 fully saturated rings. The molecule has 3 atom stereocenters. The Bertz CT molecular complexity index is 1420. The molecule has 2 aliphatic heterocycles. The zero-order chi connectivity index (χ0) is 34.5. The number of alkyl halides is 3. The lowest BCUT2D eigenvalue weighted by atomic mass is 9.74. The largest absolute Gasteiger partial charge is 0.494 e. The van der Waals surface area contributed by atoms with Gasteiger partial charge in [0.1, 0.15) is 11.2 Å². The Hall–Kier alpha value is -3.18. The van der Waals surface area contributed by atoms with Crippen molar-refractivity contribution in [3.63, 3.8) is 0 Å². The maximum Gasteiger partial charge on any atom is 0.418 e. The minimum absolute atomic E-state index is 0.0443. The van der Waals surface area contributed by atoms with Crippen LogP contribution >= 0.6 is 0 Å². The van der Waals surface area contributed by atoms with Gasteiger partial charge >= 0.3 is 12.1 Å². The molecule has 0 bridgehead atoms. The van der Waals surface area contributed by atoms with E-state index < -0.39 is 22.6 Å². The number of pyridine rings is 1. The van der Waals surface area contributed by atoms with Crippen LogP contribution in [-0.4, -0.2) is 67.3 Å². The number of hydrogen-bond acceptors (Lipinski definition) is 7. The highest BCUT2D eigenvalue weighted by molar-refractivity contribution is 5.84. The molecule has 1 saturated carbocycles. The molecule has 48 heavy (non-hydrogen) atoms. The molecule has 1 amide bonds. The lowest BCUT2D eigenvalue weighted by Crippen LogP contribution is -2.49. The number of unbranched alkanes of at least 4 members (excludes halogenated alkanes) is 1. The molecule has 0 spiro atoms. The van der Waals surface area contributed by atoms with Gasteiger partial charge in [0.25, 0.3) is 0 Å². The second-order valence-electron chi connectivity index (χ2n) is 14.2. The first kappa shape index (κ1) is 36.1. The Balaban J connectivity index is 1.19. The third kappa shape index (κ3) is 8.16. The molecular weight excluding hydrogens is 623 g/mol. The molecule has 2 aliphatic carbocycles. The Kier molecular flexibility index (Phi) is 11.4. The molecule has 5 rings (SSSR count). The van der Waals surface area contributed by atoms with Crippen molar-refractivity contribution in [3.8, 4) is 0 Å². The number of fused-ring (bicyclic) bond motifs is 1. The molecular formula is C37H50F3N3O5. The van der Waals surface area contributed by atoms with Crippen molar-refractivity contribution in [1.29, 1.82) is 0 Å². The number of hydrogen-bond donors (Lipinski definition) is 1. The number of carbonyl (C=O) groups is 2. The molecule has 1 N–H and O–H groups in total. The van der Waals surface area contributed by atoms with Gasteiger partial charge in [-0.05, 0) is 88.0 Å². The summed E-state index contributed by atoms with van der Waals surface area (Å²) >= 11 is 0. The summed E-state index contributed by atoms with van der Waals surface area (Å²) in [6, 6.07) is 1.88. The second-order valence-corrected chi connectivity index (χ2v) is 14.2. The monoisotopic (exact) mass is 673 g/mol. The summed E-state index contributed by atoms with van der Waals surface area (Å²) in [6.45, 7) is 8.35. The van der Waals surface area contributed by atoms with Crippen LogP contribution in [0.4, 0.5) is 13.2 Å². The van der Waals surface area contributed by atoms with Crippen molar-refractivity contribution in [3.05, 3.63) is 64.7 Å². The number of methoxy groups -OCH3 is 1. The molecule has 4 aliphatic rings. The van der Waals surface area contributed by atoms with Gasteiger partial charge in [0.05, 0.1) is 30.4 Å². The fourth-order valence-corrected chi connectivity index (χ4v) is 7.57. The van der Waals surface area contributed by atoms with Crippen molar-refractivity contribution < 1.29 is 37.0 Å². The van der Waals surface area contributed by atoms with Gasteiger partial charge in [-0.3, -0.25) is 14.6 Å². The van der Waals surface area contributed by atoms with Crippen molar-refractivity contribution >= 4 is 11.9 Å². The summed E-state index contributed by atoms with van der Waals surface area (Å²) in [7, 11) is 1.34. The topological polar surface area (TPSA) is 90.0 Å². The van der Waals surface area contributed by atoms with Gasteiger partial charge in [-0.15, -0.1) is 0 Å². The van der Waals surface area contributed by atoms with E-state index in [4.69, 9.17) is 14.2 Å². The number of amides is 1. The van der Waals surface area contributed by atoms with Gasteiger partial charge in [0, 0.05) is 50.5 Å². The van der Waals surface area contributed by atoms with Gasteiger partial charge in [-0.25, -0.2) is 0 Å². The van der Waals surface area contributed by atoms with Crippen molar-refractivity contribution in [2.24, 2.45) is 16.7 Å². The van der Waals surface area contributed by atoms with Gasteiger partial charge in [-0.1, -0.05) is 32.1 Å². The van der Waals surface area contributed by atoms with Crippen LogP contribution in [0, 0.1) is 16.7 Å². The van der Waals surface area contributed by atoms with Crippen LogP contribution < -0.4 is 5.32 Å². The number of nitrogens with one attached hydrogen (secondary N) is 1. The van der Waals surface area contributed by atoms with Gasteiger partial charge in [-0.2, -0.15) is 13.2 Å². The van der Waals surface area contributed by atoms with Crippen LogP contribution in [0.15, 0.2) is 42.2 Å². The lowest BCUT2D eigenvalue weighted by molar-refractivity contribution is -0.147. The number of esters is 1. The van der Waals surface area contributed by atoms with Crippen molar-refractivity contribution in [2.75, 3.05) is 33.5 Å². The molecule has 1 unspecified atom stereocenters. The van der Waals surface area contributed by atoms with E-state index in [0.717, 1.165) is 45.3 Å². The van der Waals surface area contributed by atoms with E-state index in [1.54, 1.807) is 42.2 Å². The molecule has 11 heteroatoms. The maximum atomic E-state index is 14.3. The number of allylic oxidation sites excluding steroid dienone is 3. The van der Waals surface area contributed by atoms with E-state index in [2.05, 4.69) is 24.1 Å². The fraction of sp³-hybridized carbons (Fsp3) is 0.649. The number of aromatic nitrogens is 1. The molecule has 1 aromatic rings. The first-order valence-corrected chi connectivity index (χ1v) is 17.4. The first-order valence-electron chi connectivity index (χ1n) is 17.4. The van der Waals surface area contributed by atoms with E-state index in [0.29, 0.717) is 55.5 Å². The molecule has 264 valence electrons. The number of nitrogens with zero attached hydrogens (tertiary/aromatic N) is 2. The lowest BCUT2D eigenvalue weighted by Gasteiger charge is -2.40. The summed E-state index contributed by atoms with van der Waals surface area (Å²) in [6.07, 6.45) is 10.0. The zero-order valence-electron chi connectivity index (χ0n) is 28.7. The van der Waals surface area contributed by atoms with Crippen LogP contribution in [0.3, 0.4) is 0 Å². The predicted molar refractivity (Wildman–Crippen MR) is 176 cm³/mol. The smallest absolute Gasteiger partial charge is 0.418 e. The quantitative estimate of drug-likeness (QED) is 0.213. The Labute approximate surface area is 282 Å². The third-order valence-electron chi connectivity index (χ3n) is 10.6. The molecule has 3 heterocycles. The summed E-state index contributed by atoms with van der Waals surface area (Å²) < 4.78 is 59.1. The molecule has 1 aromatic heterocycles. The number of carbonyl (C=O) groups excluding carboxylic acids is 2. The van der Waals surface area contributed by atoms with Crippen molar-refractivity contribution in [2.45, 2.75) is 103 Å². The van der Waals surface area contributed by atoms with E-state index in [1.807, 2.05) is 0 Å². The van der Waals surface area contributed by atoms with Gasteiger partial charge < -0.3 is 24.4 Å². The normalized spacial score (nSPS) is 26.3. The summed E-state index contributed by atoms with van der Waals surface area (Å²) in [5, 5.41) is 3.77. The predicted octanol–water partition coefficient (Wildman–Crippen LogP) is 6.48. The Morgan fingerprint density at radius 1 is 1.15 bits per heavy atom. The highest BCUT2D eigenvalue weighted by Gasteiger charge is 2.50. The Morgan fingerprint density at radius 2 is 1.92 bits per heavy atom. The highest BCUT2D eigenvalue weighted by atomic mass is 19.4. The van der Waals surface area contributed by atoms with Gasteiger partial charge in [0.15, 0.2) is 0 Å². The standard InChI is InChI=1S/C37H50F3N3O5/c1-25(2)36(17-10-28(23-36)41-27-13-20-47-21-14-27)33(44)43-18-12-31-26(24-43)22-30(37(38,39)40)32(42-31)9-5-6-19-48-29-8-7-15-35(3,16-11-29)34(45)46-4/h7-8,11,15-16,22,25,27-28,41H,5-6,9-10,12-14,17-21,23-24H2,1-4H3/t28-,35?,36+/m1/s1. The summed E-state index contributed by atoms with van der Waals surface area (Å²) in [4.78, 5) is 32.6. The molecule has 0 aromatic carbocycles. The van der Waals surface area contributed by atoms with Crippen LogP contribution in [0.25, 0.3) is 0 Å². The average Bonchev–Trinajstić information content (AvgIpc) is 3.40. The zero-order valence-corrected chi connectivity index (χ0v) is 28.7. The van der Waals surface area contributed by atoms with E-state index in [-0.39, 0.29) is 42.5 Å². The molecule has 0 radical (unpaired) electrons. The SMILES string of the molecule is COC(=O)C1(C)C=CC=C(OCCCCc2nc3c(cc2C(F)(F)F)CN(C(=O)[C@@]2(C(C)C)CC[C@@H](NC4CCOCC4)C2)CC3)C=C1. The average molecular weight is 674 g/mol. The summed E-state index contributed by atoms with van der Waals surface area (Å²) in [5.74, 6) is 0.349. The van der Waals surface area contributed by atoms with E-state index >= 15 is 0 Å². The van der Waals surface area contributed by atoms with E-state index in [1.165, 1.54) is 13.2 Å². The minimum atomic E-state index is -4.55. The van der Waals surface area contributed by atoms with Crippen LogP contribution in [0.1, 0.15) is 88.2 Å². The third-order valence-corrected chi connectivity index (χ3v) is 10.6. The number of halogens is 3. The number of aryl methyl sites for hydroxylation is 1. The van der Waals surface area contributed by atoms with E-state index in [9.17, 15) is 22.8 Å². The van der Waals surface area contributed by atoms with Crippen LogP contribution in [0.2, 0.25) is 0 Å². The molecule has 1 saturated heterocycles. The maximum absolute atomic E-state index is 14.3. The molecule has 8 nitrogen and oxygen atoms in total. The first-order chi connectivity index (χ1) is 22.8. The van der Waals surface area contributed by atoms with Crippen LogP contribution in [0.5, 0.6) is 0 Å². The van der Waals surface area contributed by atoms with Crippen LogP contribution in [-0.2, 0) is 49.4 Å². The number of ether oxygens (including phenoxy) is 3. The summed E-state index contributed by atoms with van der Waals surface area (Å²) in [5.41, 5.74) is -0.966. The fourth-order valence-electron chi connectivity index (χ4n) is 7.57. The number of rotatable bonds is 11. The minimum Gasteiger partial charge on any atom is -0.494 e.